The van der Waals surface area contributed by atoms with Crippen molar-refractivity contribution in [2.45, 2.75) is 24.5 Å². The van der Waals surface area contributed by atoms with Crippen molar-refractivity contribution in [3.05, 3.63) is 12.2 Å². The molecule has 2 saturated heterocycles. The van der Waals surface area contributed by atoms with Crippen LogP contribution in [-0.2, 0) is 0 Å². The van der Waals surface area contributed by atoms with E-state index in [9.17, 15) is 5.11 Å². The summed E-state index contributed by atoms with van der Waals surface area (Å²) in [5.74, 6) is 2.83. The van der Waals surface area contributed by atoms with Crippen LogP contribution in [0.5, 0.6) is 0 Å². The molecule has 3 aliphatic heterocycles. The summed E-state index contributed by atoms with van der Waals surface area (Å²) in [7, 11) is 1.83. The van der Waals surface area contributed by atoms with E-state index in [0.29, 0.717) is 12.6 Å². The molecule has 0 radical (unpaired) electrons. The maximum atomic E-state index is 10.4. The number of guanidine groups is 1. The first kappa shape index (κ1) is 18.4. The zero-order chi connectivity index (χ0) is 14.7. The number of nitrogens with one attached hydrogen (secondary N) is 1. The Morgan fingerprint density at radius 2 is 2.23 bits per heavy atom. The number of rotatable bonds is 3. The van der Waals surface area contributed by atoms with Gasteiger partial charge in [0.1, 0.15) is 0 Å². The molecule has 0 aliphatic carbocycles. The van der Waals surface area contributed by atoms with Gasteiger partial charge in [0.25, 0.3) is 0 Å². The van der Waals surface area contributed by atoms with E-state index in [4.69, 9.17) is 0 Å². The Bertz CT molecular complexity index is 418. The molecule has 3 aliphatic rings. The van der Waals surface area contributed by atoms with Gasteiger partial charge in [0.2, 0.25) is 0 Å². The first-order valence-electron chi connectivity index (χ1n) is 7.85. The molecule has 3 rings (SSSR count). The lowest BCUT2D eigenvalue weighted by Gasteiger charge is -2.28. The summed E-state index contributed by atoms with van der Waals surface area (Å²) < 4.78 is 0. The second-order valence-electron chi connectivity index (χ2n) is 6.24. The normalized spacial score (nSPS) is 32.5. The van der Waals surface area contributed by atoms with E-state index >= 15 is 0 Å². The summed E-state index contributed by atoms with van der Waals surface area (Å²) in [6.45, 7) is 4.87. The van der Waals surface area contributed by atoms with Crippen molar-refractivity contribution in [1.29, 1.82) is 0 Å². The maximum Gasteiger partial charge on any atom is 0.193 e. The summed E-state index contributed by atoms with van der Waals surface area (Å²) >= 11 is 1.83. The predicted octanol–water partition coefficient (Wildman–Crippen LogP) is 0.994. The van der Waals surface area contributed by atoms with Gasteiger partial charge in [-0.1, -0.05) is 12.2 Å². The van der Waals surface area contributed by atoms with Crippen LogP contribution in [0.1, 0.15) is 12.8 Å². The molecule has 0 aromatic heterocycles. The van der Waals surface area contributed by atoms with Crippen LogP contribution in [0.3, 0.4) is 0 Å². The molecule has 0 amide bonds. The van der Waals surface area contributed by atoms with Gasteiger partial charge >= 0.3 is 0 Å². The van der Waals surface area contributed by atoms with Crippen molar-refractivity contribution in [3.8, 4) is 0 Å². The molecule has 3 heterocycles. The fourth-order valence-corrected chi connectivity index (χ4v) is 4.63. The van der Waals surface area contributed by atoms with Crippen molar-refractivity contribution in [1.82, 2.24) is 15.1 Å². The van der Waals surface area contributed by atoms with Gasteiger partial charge in [0.05, 0.1) is 5.60 Å². The maximum absolute atomic E-state index is 10.4. The minimum Gasteiger partial charge on any atom is -0.387 e. The van der Waals surface area contributed by atoms with E-state index < -0.39 is 5.60 Å². The van der Waals surface area contributed by atoms with Crippen molar-refractivity contribution in [2.75, 3.05) is 51.3 Å². The molecule has 0 saturated carbocycles. The van der Waals surface area contributed by atoms with E-state index in [0.717, 1.165) is 50.1 Å². The van der Waals surface area contributed by atoms with Crippen LogP contribution in [0.25, 0.3) is 0 Å². The fourth-order valence-electron chi connectivity index (χ4n) is 3.34. The van der Waals surface area contributed by atoms with Crippen LogP contribution in [0.2, 0.25) is 0 Å². The Balaban J connectivity index is 0.00000176. The van der Waals surface area contributed by atoms with E-state index in [1.807, 2.05) is 18.8 Å². The highest BCUT2D eigenvalue weighted by Crippen LogP contribution is 2.27. The lowest BCUT2D eigenvalue weighted by atomic mass is 10.0. The molecule has 2 N–H and O–H groups in total. The molecule has 2 fully saturated rings. The zero-order valence-electron chi connectivity index (χ0n) is 13.2. The molecule has 22 heavy (non-hydrogen) atoms. The van der Waals surface area contributed by atoms with E-state index in [1.165, 1.54) is 6.42 Å². The highest BCUT2D eigenvalue weighted by atomic mass is 127. The third kappa shape index (κ3) is 4.30. The highest BCUT2D eigenvalue weighted by Gasteiger charge is 2.33. The number of hydrogen-bond acceptors (Lipinski definition) is 4. The van der Waals surface area contributed by atoms with Gasteiger partial charge in [-0.15, -0.1) is 24.0 Å². The molecule has 0 aromatic carbocycles. The number of nitrogens with zero attached hydrogens (tertiary/aromatic N) is 3. The SMILES string of the molecule is CN=C(NCC1(O)CCSC1)N1CCC(N2CC=CC2)C1.I. The van der Waals surface area contributed by atoms with Crippen molar-refractivity contribution < 1.29 is 5.11 Å². The van der Waals surface area contributed by atoms with E-state index in [2.05, 4.69) is 32.3 Å². The van der Waals surface area contributed by atoms with Crippen LogP contribution in [-0.4, -0.2) is 83.8 Å². The van der Waals surface area contributed by atoms with Crippen molar-refractivity contribution in [3.63, 3.8) is 0 Å². The largest absolute Gasteiger partial charge is 0.387 e. The Morgan fingerprint density at radius 3 is 2.86 bits per heavy atom. The van der Waals surface area contributed by atoms with Gasteiger partial charge in [-0.05, 0) is 18.6 Å². The van der Waals surface area contributed by atoms with Crippen LogP contribution < -0.4 is 5.32 Å². The van der Waals surface area contributed by atoms with Gasteiger partial charge in [-0.25, -0.2) is 0 Å². The molecular formula is C15H27IN4OS. The predicted molar refractivity (Wildman–Crippen MR) is 104 cm³/mol. The van der Waals surface area contributed by atoms with E-state index in [1.54, 1.807) is 0 Å². The molecule has 0 bridgehead atoms. The standard InChI is InChI=1S/C15H26N4OS.HI/c1-16-14(17-11-15(20)5-9-21-12-15)19-8-4-13(10-19)18-6-2-3-7-18;/h2-3,13,20H,4-12H2,1H3,(H,16,17);1H. The minimum atomic E-state index is -0.557. The van der Waals surface area contributed by atoms with Crippen LogP contribution in [0.4, 0.5) is 0 Å². The van der Waals surface area contributed by atoms with Gasteiger partial charge in [-0.2, -0.15) is 11.8 Å². The average Bonchev–Trinajstić information content (AvgIpc) is 3.20. The Morgan fingerprint density at radius 1 is 1.45 bits per heavy atom. The second kappa shape index (κ2) is 8.21. The first-order chi connectivity index (χ1) is 10.2. The monoisotopic (exact) mass is 438 g/mol. The third-order valence-electron chi connectivity index (χ3n) is 4.70. The molecule has 126 valence electrons. The number of aliphatic hydroxyl groups is 1. The summed E-state index contributed by atoms with van der Waals surface area (Å²) in [6, 6.07) is 0.628. The van der Waals surface area contributed by atoms with Crippen molar-refractivity contribution >= 4 is 41.7 Å². The van der Waals surface area contributed by atoms with Gasteiger partial charge in [0.15, 0.2) is 5.96 Å². The average molecular weight is 438 g/mol. The van der Waals surface area contributed by atoms with Crippen LogP contribution in [0, 0.1) is 0 Å². The highest BCUT2D eigenvalue weighted by molar-refractivity contribution is 14.0. The minimum absolute atomic E-state index is 0. The topological polar surface area (TPSA) is 51.1 Å². The third-order valence-corrected chi connectivity index (χ3v) is 5.93. The zero-order valence-corrected chi connectivity index (χ0v) is 16.3. The number of halogens is 1. The number of likely N-dealkylation sites (tertiary alicyclic amines) is 1. The van der Waals surface area contributed by atoms with Crippen molar-refractivity contribution in [2.24, 2.45) is 4.99 Å². The molecule has 7 heteroatoms. The molecule has 5 nitrogen and oxygen atoms in total. The fraction of sp³-hybridized carbons (Fsp3) is 0.800. The Kier molecular flexibility index (Phi) is 6.85. The van der Waals surface area contributed by atoms with Gasteiger partial charge in [-0.3, -0.25) is 9.89 Å². The summed E-state index contributed by atoms with van der Waals surface area (Å²) in [5.41, 5.74) is -0.557. The van der Waals surface area contributed by atoms with Gasteiger partial charge < -0.3 is 15.3 Å². The molecule has 0 aromatic rings. The smallest absolute Gasteiger partial charge is 0.193 e. The second-order valence-corrected chi connectivity index (χ2v) is 7.35. The number of thioether (sulfide) groups is 1. The summed E-state index contributed by atoms with van der Waals surface area (Å²) in [6.07, 6.45) is 6.58. The first-order valence-corrected chi connectivity index (χ1v) is 9.00. The number of hydrogen-bond donors (Lipinski definition) is 2. The quantitative estimate of drug-likeness (QED) is 0.298. The van der Waals surface area contributed by atoms with E-state index in [-0.39, 0.29) is 24.0 Å². The van der Waals surface area contributed by atoms with Crippen LogP contribution >= 0.6 is 35.7 Å². The van der Waals surface area contributed by atoms with Gasteiger partial charge in [0, 0.05) is 51.6 Å². The summed E-state index contributed by atoms with van der Waals surface area (Å²) in [4.78, 5) is 9.25. The van der Waals surface area contributed by atoms with Crippen LogP contribution in [0.15, 0.2) is 17.1 Å². The summed E-state index contributed by atoms with van der Waals surface area (Å²) in [5, 5.41) is 13.8. The molecule has 2 unspecified atom stereocenters. The number of aliphatic imine (C=N–C) groups is 1. The molecular weight excluding hydrogens is 411 g/mol. The lowest BCUT2D eigenvalue weighted by molar-refractivity contribution is 0.0718. The Labute approximate surface area is 154 Å². The Hall–Kier alpha value is 0.01000. The molecule has 0 spiro atoms. The lowest BCUT2D eigenvalue weighted by Crippen LogP contribution is -2.49. The molecule has 2 atom stereocenters.